The summed E-state index contributed by atoms with van der Waals surface area (Å²) in [5.41, 5.74) is -0.110. The fraction of sp³-hybridized carbons (Fsp3) is 0.824. The number of likely N-dealkylation sites (N-methyl/N-ethyl adjacent to an activating group) is 3. The fourth-order valence-electron chi connectivity index (χ4n) is 3.96. The van der Waals surface area contributed by atoms with Crippen molar-refractivity contribution in [2.24, 2.45) is 0 Å². The standard InChI is InChI=1S/C17H32N4O/c1-8-17(7,9-2)21-15-14(20(12-5)16(21)22)18(10-3)13(6)19(15)11-4/h14-15H,6,8-12H2,1-5,7H3. The molecule has 0 spiro atoms. The number of carbonyl (C=O) groups excluding carboxylic acids is 1. The maximum atomic E-state index is 13.1. The molecule has 2 fully saturated rings. The molecule has 0 N–H and O–H groups in total. The summed E-state index contributed by atoms with van der Waals surface area (Å²) >= 11 is 0. The molecule has 0 aromatic heterocycles. The highest BCUT2D eigenvalue weighted by Gasteiger charge is 2.59. The van der Waals surface area contributed by atoms with Crippen molar-refractivity contribution in [2.45, 2.75) is 72.3 Å². The van der Waals surface area contributed by atoms with Crippen LogP contribution in [0.5, 0.6) is 0 Å². The van der Waals surface area contributed by atoms with Crippen LogP contribution in [0.2, 0.25) is 0 Å². The van der Waals surface area contributed by atoms with Gasteiger partial charge in [-0.15, -0.1) is 0 Å². The summed E-state index contributed by atoms with van der Waals surface area (Å²) in [7, 11) is 0. The van der Waals surface area contributed by atoms with Gasteiger partial charge in [0.2, 0.25) is 0 Å². The lowest BCUT2D eigenvalue weighted by Gasteiger charge is -2.43. The van der Waals surface area contributed by atoms with E-state index in [0.29, 0.717) is 0 Å². The summed E-state index contributed by atoms with van der Waals surface area (Å²) in [5, 5.41) is 0. The van der Waals surface area contributed by atoms with Crippen molar-refractivity contribution in [1.82, 2.24) is 19.6 Å². The first-order chi connectivity index (χ1) is 10.4. The molecule has 2 saturated heterocycles. The quantitative estimate of drug-likeness (QED) is 0.755. The van der Waals surface area contributed by atoms with Crippen LogP contribution in [0.15, 0.2) is 12.4 Å². The lowest BCUT2D eigenvalue weighted by atomic mass is 9.93. The van der Waals surface area contributed by atoms with Gasteiger partial charge in [-0.25, -0.2) is 4.79 Å². The minimum Gasteiger partial charge on any atom is -0.335 e. The van der Waals surface area contributed by atoms with Gasteiger partial charge in [-0.05, 0) is 40.5 Å². The molecule has 0 aromatic rings. The third kappa shape index (κ3) is 2.09. The van der Waals surface area contributed by atoms with E-state index in [9.17, 15) is 4.79 Å². The van der Waals surface area contributed by atoms with Crippen molar-refractivity contribution in [3.63, 3.8) is 0 Å². The molecule has 2 aliphatic rings. The fourth-order valence-corrected chi connectivity index (χ4v) is 3.96. The molecule has 0 aromatic carbocycles. The molecule has 2 amide bonds. The first-order valence-corrected chi connectivity index (χ1v) is 8.73. The van der Waals surface area contributed by atoms with E-state index in [4.69, 9.17) is 0 Å². The van der Waals surface area contributed by atoms with Crippen LogP contribution in [0.1, 0.15) is 54.4 Å². The molecule has 0 aliphatic carbocycles. The van der Waals surface area contributed by atoms with Gasteiger partial charge < -0.3 is 14.7 Å². The lowest BCUT2D eigenvalue weighted by molar-refractivity contribution is 0.0471. The normalized spacial score (nSPS) is 25.5. The third-order valence-corrected chi connectivity index (χ3v) is 5.73. The van der Waals surface area contributed by atoms with E-state index in [1.807, 2.05) is 4.90 Å². The summed E-state index contributed by atoms with van der Waals surface area (Å²) in [4.78, 5) is 21.8. The molecule has 0 radical (unpaired) electrons. The van der Waals surface area contributed by atoms with Crippen molar-refractivity contribution < 1.29 is 4.79 Å². The van der Waals surface area contributed by atoms with E-state index < -0.39 is 0 Å². The summed E-state index contributed by atoms with van der Waals surface area (Å²) in [6, 6.07) is 0.174. The van der Waals surface area contributed by atoms with Crippen molar-refractivity contribution in [3.8, 4) is 0 Å². The number of hydrogen-bond donors (Lipinski definition) is 0. The van der Waals surface area contributed by atoms with Crippen molar-refractivity contribution in [1.29, 1.82) is 0 Å². The zero-order chi connectivity index (χ0) is 16.7. The molecular weight excluding hydrogens is 276 g/mol. The number of carbonyl (C=O) groups is 1. The minimum absolute atomic E-state index is 0.0785. The van der Waals surface area contributed by atoms with Crippen molar-refractivity contribution >= 4 is 6.03 Å². The van der Waals surface area contributed by atoms with Gasteiger partial charge in [-0.2, -0.15) is 0 Å². The number of amides is 2. The Balaban J connectivity index is 2.52. The molecule has 2 aliphatic heterocycles. The Labute approximate surface area is 135 Å². The summed E-state index contributed by atoms with van der Waals surface area (Å²) in [6.45, 7) is 19.7. The molecule has 0 bridgehead atoms. The van der Waals surface area contributed by atoms with Crippen LogP contribution in [0.25, 0.3) is 0 Å². The predicted octanol–water partition coefficient (Wildman–Crippen LogP) is 3.10. The summed E-state index contributed by atoms with van der Waals surface area (Å²) in [5.74, 6) is 1.05. The molecule has 2 unspecified atom stereocenters. The van der Waals surface area contributed by atoms with E-state index in [1.165, 1.54) is 0 Å². The van der Waals surface area contributed by atoms with E-state index >= 15 is 0 Å². The zero-order valence-electron chi connectivity index (χ0n) is 15.1. The maximum absolute atomic E-state index is 13.1. The van der Waals surface area contributed by atoms with E-state index in [-0.39, 0.29) is 23.9 Å². The van der Waals surface area contributed by atoms with Crippen LogP contribution in [0, 0.1) is 0 Å². The van der Waals surface area contributed by atoms with Gasteiger partial charge in [-0.3, -0.25) is 4.90 Å². The largest absolute Gasteiger partial charge is 0.335 e. The first kappa shape index (κ1) is 17.0. The van der Waals surface area contributed by atoms with Gasteiger partial charge in [0, 0.05) is 25.2 Å². The average molecular weight is 308 g/mol. The number of urea groups is 1. The van der Waals surface area contributed by atoms with Gasteiger partial charge in [-0.1, -0.05) is 20.4 Å². The molecule has 22 heavy (non-hydrogen) atoms. The van der Waals surface area contributed by atoms with Gasteiger partial charge in [0.05, 0.1) is 5.82 Å². The number of nitrogens with zero attached hydrogens (tertiary/aromatic N) is 4. The molecule has 2 atom stereocenters. The van der Waals surface area contributed by atoms with Crippen LogP contribution in [-0.4, -0.2) is 63.1 Å². The Kier molecular flexibility index (Phi) is 4.64. The van der Waals surface area contributed by atoms with Gasteiger partial charge in [0.1, 0.15) is 12.3 Å². The topological polar surface area (TPSA) is 30.0 Å². The second-order valence-corrected chi connectivity index (χ2v) is 6.46. The molecule has 2 rings (SSSR count). The maximum Gasteiger partial charge on any atom is 0.324 e. The summed E-state index contributed by atoms with van der Waals surface area (Å²) in [6.07, 6.45) is 2.10. The molecule has 2 heterocycles. The van der Waals surface area contributed by atoms with E-state index in [1.54, 1.807) is 0 Å². The number of fused-ring (bicyclic) bond motifs is 1. The Bertz CT molecular complexity index is 444. The number of hydrogen-bond acceptors (Lipinski definition) is 3. The molecule has 5 nitrogen and oxygen atoms in total. The first-order valence-electron chi connectivity index (χ1n) is 8.73. The smallest absolute Gasteiger partial charge is 0.324 e. The highest BCUT2D eigenvalue weighted by molar-refractivity contribution is 5.79. The molecule has 126 valence electrons. The van der Waals surface area contributed by atoms with Crippen LogP contribution in [0.3, 0.4) is 0 Å². The zero-order valence-corrected chi connectivity index (χ0v) is 15.1. The minimum atomic E-state index is -0.110. The Morgan fingerprint density at radius 1 is 0.909 bits per heavy atom. The van der Waals surface area contributed by atoms with Crippen LogP contribution < -0.4 is 0 Å². The van der Waals surface area contributed by atoms with Crippen LogP contribution in [0.4, 0.5) is 4.79 Å². The Hall–Kier alpha value is -1.39. The number of rotatable bonds is 6. The lowest BCUT2D eigenvalue weighted by Crippen LogP contribution is -2.55. The van der Waals surface area contributed by atoms with Gasteiger partial charge in [0.15, 0.2) is 0 Å². The van der Waals surface area contributed by atoms with Crippen LogP contribution >= 0.6 is 0 Å². The highest BCUT2D eigenvalue weighted by atomic mass is 16.2. The third-order valence-electron chi connectivity index (χ3n) is 5.73. The van der Waals surface area contributed by atoms with Gasteiger partial charge >= 0.3 is 6.03 Å². The van der Waals surface area contributed by atoms with Crippen molar-refractivity contribution in [2.75, 3.05) is 19.6 Å². The monoisotopic (exact) mass is 308 g/mol. The van der Waals surface area contributed by atoms with Crippen LogP contribution in [-0.2, 0) is 0 Å². The molecule has 0 saturated carbocycles. The second kappa shape index (κ2) is 6.01. The summed E-state index contributed by atoms with van der Waals surface area (Å²) < 4.78 is 0. The molecular formula is C17H32N4O. The van der Waals surface area contributed by atoms with Gasteiger partial charge in [0.25, 0.3) is 0 Å². The second-order valence-electron chi connectivity index (χ2n) is 6.46. The Morgan fingerprint density at radius 3 is 1.77 bits per heavy atom. The Morgan fingerprint density at radius 2 is 1.36 bits per heavy atom. The molecule has 5 heteroatoms. The predicted molar refractivity (Wildman–Crippen MR) is 90.1 cm³/mol. The van der Waals surface area contributed by atoms with Crippen molar-refractivity contribution in [3.05, 3.63) is 12.4 Å². The average Bonchev–Trinajstić information content (AvgIpc) is 2.95. The SMILES string of the molecule is C=C1N(CC)C2C(N1CC)N(C(C)(CC)CC)C(=O)N2CC. The highest BCUT2D eigenvalue weighted by Crippen LogP contribution is 2.43. The van der Waals surface area contributed by atoms with E-state index in [2.05, 4.69) is 62.8 Å². The van der Waals surface area contributed by atoms with E-state index in [0.717, 1.165) is 38.3 Å².